The van der Waals surface area contributed by atoms with Crippen LogP contribution >= 0.6 is 0 Å². The zero-order valence-corrected chi connectivity index (χ0v) is 42.4. The molecule has 1 aromatic heterocycles. The number of hydrogen-bond acceptors (Lipinski definition) is 16. The van der Waals surface area contributed by atoms with E-state index in [0.717, 1.165) is 13.2 Å². The van der Waals surface area contributed by atoms with E-state index in [-0.39, 0.29) is 82.1 Å². The first kappa shape index (κ1) is 55.0. The Morgan fingerprint density at radius 1 is 1.04 bits per heavy atom. The number of aromatic nitrogens is 1. The van der Waals surface area contributed by atoms with E-state index < -0.39 is 99.1 Å². The van der Waals surface area contributed by atoms with Gasteiger partial charge in [-0.25, -0.2) is 9.18 Å². The highest BCUT2D eigenvalue weighted by atomic mass is 19.1. The Morgan fingerprint density at radius 2 is 1.74 bits per heavy atom. The Morgan fingerprint density at radius 3 is 2.34 bits per heavy atom. The molecule has 1 saturated heterocycles. The summed E-state index contributed by atoms with van der Waals surface area (Å²) >= 11 is 0. The fraction of sp³-hybridized carbons (Fsp3) is 0.453. The fourth-order valence-electron chi connectivity index (χ4n) is 9.44. The van der Waals surface area contributed by atoms with Crippen LogP contribution in [0, 0.1) is 18.7 Å². The zero-order valence-electron chi connectivity index (χ0n) is 42.4. The van der Waals surface area contributed by atoms with Gasteiger partial charge in [0.2, 0.25) is 22.8 Å². The third-order valence-corrected chi connectivity index (χ3v) is 13.3. The molecular weight excluding hydrogens is 952 g/mol. The minimum Gasteiger partial charge on any atom is -0.507 e. The van der Waals surface area contributed by atoms with E-state index in [4.69, 9.17) is 24.1 Å². The smallest absolute Gasteiger partial charge is 0.341 e. The van der Waals surface area contributed by atoms with Crippen molar-refractivity contribution in [1.82, 2.24) is 14.8 Å². The first-order chi connectivity index (χ1) is 34.7. The number of carboxylic acids is 1. The molecule has 3 heterocycles. The number of anilines is 1. The molecule has 0 bridgehead atoms. The van der Waals surface area contributed by atoms with E-state index in [2.05, 4.69) is 5.32 Å². The molecule has 73 heavy (non-hydrogen) atoms. The Kier molecular flexibility index (Phi) is 17.4. The highest BCUT2D eigenvalue weighted by Crippen LogP contribution is 2.48. The van der Waals surface area contributed by atoms with E-state index in [0.29, 0.717) is 38.5 Å². The van der Waals surface area contributed by atoms with Crippen LogP contribution in [-0.2, 0) is 19.1 Å². The number of phenolic OH excluding ortho intramolecular Hbond substituents is 1. The summed E-state index contributed by atoms with van der Waals surface area (Å²) in [7, 11) is 2.32. The van der Waals surface area contributed by atoms with Crippen molar-refractivity contribution in [3.8, 4) is 17.2 Å². The molecule has 0 radical (unpaired) electrons. The largest absolute Gasteiger partial charge is 0.507 e. The quantitative estimate of drug-likeness (QED) is 0.0412. The Balaban J connectivity index is 0.00000429. The summed E-state index contributed by atoms with van der Waals surface area (Å²) < 4.78 is 40.5. The number of carbonyl (C=O) groups is 6. The average molecular weight is 1020 g/mol. The molecule has 0 spiro atoms. The number of aliphatic hydroxyl groups is 2. The number of amides is 1. The van der Waals surface area contributed by atoms with Crippen LogP contribution in [0.2, 0.25) is 0 Å². The monoisotopic (exact) mass is 1010 g/mol. The van der Waals surface area contributed by atoms with Gasteiger partial charge in [-0.1, -0.05) is 38.2 Å². The maximum absolute atomic E-state index is 16.5. The van der Waals surface area contributed by atoms with Gasteiger partial charge >= 0.3 is 18.2 Å². The molecule has 2 fully saturated rings. The molecular formula is C53H63FN4O15. The van der Waals surface area contributed by atoms with Crippen molar-refractivity contribution in [3.63, 3.8) is 0 Å². The lowest BCUT2D eigenvalue weighted by Gasteiger charge is -2.44. The SMILES string of the molecule is C/C=C/OC1Oc2c(C)c(O)c3c(c2C1=O)C(=O)C(N1CCN(c2c(F)cc4c(=O)c(C(=O)O)cn(C5CC5)c4c2OC)CC1C)=C(NC(=O)/C(C)=C\C=C\C(C)CCC(O)CC(CC)OC(C)=O)C3=O.CO. The number of aromatic carboxylic acids is 1. The number of pyridine rings is 1. The maximum atomic E-state index is 16.5. The Labute approximate surface area is 421 Å². The molecule has 7 rings (SSSR count). The minimum atomic E-state index is -1.53. The molecule has 1 amide bonds. The highest BCUT2D eigenvalue weighted by Gasteiger charge is 2.49. The van der Waals surface area contributed by atoms with Crippen LogP contribution < -0.4 is 25.1 Å². The molecule has 392 valence electrons. The molecule has 5 N–H and O–H groups in total. The molecule has 2 aromatic carbocycles. The second kappa shape index (κ2) is 23.0. The van der Waals surface area contributed by atoms with Gasteiger partial charge in [-0.15, -0.1) is 0 Å². The van der Waals surface area contributed by atoms with Crippen molar-refractivity contribution in [2.24, 2.45) is 5.92 Å². The van der Waals surface area contributed by atoms with E-state index in [9.17, 15) is 44.1 Å². The number of methoxy groups -OCH3 is 1. The number of halogens is 1. The van der Waals surface area contributed by atoms with Crippen molar-refractivity contribution in [2.45, 2.75) is 118 Å². The molecule has 20 heteroatoms. The number of fused-ring (bicyclic) bond motifs is 4. The molecule has 2 aliphatic carbocycles. The van der Waals surface area contributed by atoms with Gasteiger partial charge in [-0.2, -0.15) is 0 Å². The number of aliphatic hydroxyl groups excluding tert-OH is 2. The lowest BCUT2D eigenvalue weighted by atomic mass is 9.82. The van der Waals surface area contributed by atoms with Crippen molar-refractivity contribution >= 4 is 51.8 Å². The lowest BCUT2D eigenvalue weighted by Crippen LogP contribution is -2.54. The third-order valence-electron chi connectivity index (χ3n) is 13.3. The number of ether oxygens (including phenoxy) is 4. The van der Waals surface area contributed by atoms with Crippen LogP contribution in [0.15, 0.2) is 64.6 Å². The van der Waals surface area contributed by atoms with E-state index in [1.54, 1.807) is 34.3 Å². The number of aromatic hydroxyl groups is 1. The number of carboxylic acid groups (broad SMARTS) is 1. The summed E-state index contributed by atoms with van der Waals surface area (Å²) in [5.74, 6) is -6.90. The van der Waals surface area contributed by atoms with Gasteiger partial charge in [0.05, 0.1) is 47.1 Å². The van der Waals surface area contributed by atoms with E-state index in [1.165, 1.54) is 52.5 Å². The van der Waals surface area contributed by atoms with E-state index >= 15 is 9.18 Å². The van der Waals surface area contributed by atoms with Gasteiger partial charge < -0.3 is 59.1 Å². The molecule has 4 aliphatic rings. The summed E-state index contributed by atoms with van der Waals surface area (Å²) in [6.07, 6.45) is 9.70. The first-order valence-electron chi connectivity index (χ1n) is 24.1. The topological polar surface area (TPSA) is 261 Å². The number of ketones is 3. The van der Waals surface area contributed by atoms with Crippen molar-refractivity contribution in [2.75, 3.05) is 38.8 Å². The van der Waals surface area contributed by atoms with Crippen LogP contribution in [0.4, 0.5) is 10.1 Å². The van der Waals surface area contributed by atoms with Gasteiger partial charge in [-0.3, -0.25) is 28.8 Å². The van der Waals surface area contributed by atoms with Gasteiger partial charge in [0.1, 0.15) is 40.2 Å². The number of nitrogens with one attached hydrogen (secondary N) is 1. The molecule has 1 saturated carbocycles. The number of nitrogens with zero attached hydrogens (tertiary/aromatic N) is 3. The number of Topliss-reactive ketones (excluding diaryl/α,β-unsaturated/α-hetero) is 3. The fourth-order valence-corrected chi connectivity index (χ4v) is 9.44. The van der Waals surface area contributed by atoms with Gasteiger partial charge in [0.25, 0.3) is 5.91 Å². The number of hydrogen-bond donors (Lipinski definition) is 5. The first-order valence-corrected chi connectivity index (χ1v) is 24.1. The number of allylic oxidation sites excluding steroid dienone is 6. The number of esters is 1. The van der Waals surface area contributed by atoms with Crippen LogP contribution in [0.1, 0.15) is 133 Å². The number of benzene rings is 2. The predicted octanol–water partition coefficient (Wildman–Crippen LogP) is 6.19. The third kappa shape index (κ3) is 11.0. The molecule has 5 unspecified atom stereocenters. The molecule has 5 atom stereocenters. The van der Waals surface area contributed by atoms with Crippen molar-refractivity contribution in [3.05, 3.63) is 104 Å². The predicted molar refractivity (Wildman–Crippen MR) is 266 cm³/mol. The highest BCUT2D eigenvalue weighted by molar-refractivity contribution is 6.32. The standard InChI is InChI=1S/C52H59FN4O14.CH4O/c1-9-20-69-52-47(64)38-36-37(43(60)28(6)48(38)71-52)45(62)39(54-50(65)26(4)13-11-12-25(3)14-17-31(59)21-32(10-2)70-29(7)58)42(46(36)63)56-19-18-55(23-27(56)5)41-35(53)22-33-40(49(41)68-8)57(30-15-16-30)24-34(44(33)61)51(66)67;1-2/h9,11-13,20,22,24-25,27,30-32,52,59-60H,10,14-19,21,23H2,1-8H3,(H,54,65)(H,66,67);2H,1H3/b12-11+,20-9+,26-13-;. The van der Waals surface area contributed by atoms with Gasteiger partial charge in [-0.05, 0) is 71.8 Å². The number of carbonyl (C=O) groups excluding carboxylic acids is 5. The summed E-state index contributed by atoms with van der Waals surface area (Å²) in [5, 5.41) is 41.5. The average Bonchev–Trinajstić information content (AvgIpc) is 4.15. The molecule has 3 aromatic rings. The normalized spacial score (nSPS) is 19.1. The number of rotatable bonds is 18. The summed E-state index contributed by atoms with van der Waals surface area (Å²) in [5.41, 5.74) is -3.00. The van der Waals surface area contributed by atoms with Crippen LogP contribution in [0.3, 0.4) is 0 Å². The summed E-state index contributed by atoms with van der Waals surface area (Å²) in [6.45, 7) is 11.3. The summed E-state index contributed by atoms with van der Waals surface area (Å²) in [4.78, 5) is 98.2. The van der Waals surface area contributed by atoms with Crippen LogP contribution in [0.25, 0.3) is 10.9 Å². The van der Waals surface area contributed by atoms with Gasteiger partial charge in [0, 0.05) is 69.5 Å². The minimum absolute atomic E-state index is 0.00544. The lowest BCUT2D eigenvalue weighted by molar-refractivity contribution is -0.147. The maximum Gasteiger partial charge on any atom is 0.341 e. The molecule has 2 aliphatic heterocycles. The Hall–Kier alpha value is -7.32. The van der Waals surface area contributed by atoms with Crippen LogP contribution in [-0.4, -0.2) is 123 Å². The Bertz CT molecular complexity index is 2910. The van der Waals surface area contributed by atoms with Crippen molar-refractivity contribution < 1.29 is 72.5 Å². The second-order valence-corrected chi connectivity index (χ2v) is 18.4. The second-order valence-electron chi connectivity index (χ2n) is 18.4. The van der Waals surface area contributed by atoms with E-state index in [1.807, 2.05) is 19.9 Å². The van der Waals surface area contributed by atoms with Crippen LogP contribution in [0.5, 0.6) is 17.2 Å². The van der Waals surface area contributed by atoms with Crippen molar-refractivity contribution in [1.29, 1.82) is 0 Å². The summed E-state index contributed by atoms with van der Waals surface area (Å²) in [6, 6.07) is 0.125. The van der Waals surface area contributed by atoms with Gasteiger partial charge in [0.15, 0.2) is 11.6 Å². The molecule has 19 nitrogen and oxygen atoms in total. The number of phenols is 1. The zero-order chi connectivity index (χ0) is 53.7. The number of piperazine rings is 1.